The smallest absolute Gasteiger partial charge is 0.356 e. The number of nitrogens with one attached hydrogen (secondary N) is 1. The van der Waals surface area contributed by atoms with E-state index in [4.69, 9.17) is 5.11 Å². The standard InChI is InChI=1S/C12H12N4O3S/c1-2-4-8-10(20-16-15-8)11(17)14-7-5-3-6-13-9(7)12(18)19/h3,5-6H,2,4H2,1H3,(H,14,17)(H,18,19). The van der Waals surface area contributed by atoms with Crippen LogP contribution in [0, 0.1) is 0 Å². The molecule has 1 amide bonds. The van der Waals surface area contributed by atoms with Crippen LogP contribution in [-0.4, -0.2) is 31.6 Å². The Morgan fingerprint density at radius 2 is 2.25 bits per heavy atom. The number of carbonyl (C=O) groups excluding carboxylic acids is 1. The average molecular weight is 292 g/mol. The molecule has 0 aliphatic carbocycles. The maximum absolute atomic E-state index is 12.1. The Morgan fingerprint density at radius 1 is 1.45 bits per heavy atom. The van der Waals surface area contributed by atoms with Gasteiger partial charge in [-0.15, -0.1) is 5.10 Å². The fourth-order valence-electron chi connectivity index (χ4n) is 1.64. The lowest BCUT2D eigenvalue weighted by Gasteiger charge is -2.06. The summed E-state index contributed by atoms with van der Waals surface area (Å²) in [5.74, 6) is -1.61. The number of carbonyl (C=O) groups is 2. The first-order valence-electron chi connectivity index (χ1n) is 5.94. The number of anilines is 1. The largest absolute Gasteiger partial charge is 0.476 e. The summed E-state index contributed by atoms with van der Waals surface area (Å²) in [7, 11) is 0. The Bertz CT molecular complexity index is 641. The van der Waals surface area contributed by atoms with Crippen molar-refractivity contribution in [3.05, 3.63) is 34.6 Å². The van der Waals surface area contributed by atoms with Crippen molar-refractivity contribution in [2.24, 2.45) is 0 Å². The van der Waals surface area contributed by atoms with Crippen molar-refractivity contribution < 1.29 is 14.7 Å². The first kappa shape index (κ1) is 14.1. The maximum Gasteiger partial charge on any atom is 0.356 e. The van der Waals surface area contributed by atoms with E-state index in [1.54, 1.807) is 6.07 Å². The van der Waals surface area contributed by atoms with E-state index in [1.165, 1.54) is 12.3 Å². The lowest BCUT2D eigenvalue weighted by molar-refractivity contribution is 0.0692. The lowest BCUT2D eigenvalue weighted by Crippen LogP contribution is -2.16. The molecule has 0 unspecified atom stereocenters. The van der Waals surface area contributed by atoms with Crippen LogP contribution in [0.25, 0.3) is 0 Å². The van der Waals surface area contributed by atoms with Gasteiger partial charge < -0.3 is 10.4 Å². The molecule has 0 radical (unpaired) electrons. The molecule has 0 spiro atoms. The Labute approximate surface area is 118 Å². The molecule has 2 rings (SSSR count). The predicted molar refractivity (Wildman–Crippen MR) is 73.1 cm³/mol. The summed E-state index contributed by atoms with van der Waals surface area (Å²) in [6, 6.07) is 3.04. The zero-order chi connectivity index (χ0) is 14.5. The number of carboxylic acids is 1. The van der Waals surface area contributed by atoms with Gasteiger partial charge in [-0.3, -0.25) is 4.79 Å². The summed E-state index contributed by atoms with van der Waals surface area (Å²) in [4.78, 5) is 27.3. The third-order valence-corrected chi connectivity index (χ3v) is 3.27. The van der Waals surface area contributed by atoms with E-state index in [-0.39, 0.29) is 11.4 Å². The Hall–Kier alpha value is -2.35. The molecule has 8 heteroatoms. The summed E-state index contributed by atoms with van der Waals surface area (Å²) in [5, 5.41) is 15.5. The van der Waals surface area contributed by atoms with Crippen LogP contribution in [0.4, 0.5) is 5.69 Å². The number of pyridine rings is 1. The number of nitrogens with zero attached hydrogens (tertiary/aromatic N) is 3. The second-order valence-electron chi connectivity index (χ2n) is 3.96. The number of aromatic carboxylic acids is 1. The number of hydrogen-bond acceptors (Lipinski definition) is 6. The van der Waals surface area contributed by atoms with E-state index in [0.717, 1.165) is 18.0 Å². The van der Waals surface area contributed by atoms with Gasteiger partial charge >= 0.3 is 5.97 Å². The quantitative estimate of drug-likeness (QED) is 0.871. The van der Waals surface area contributed by atoms with Gasteiger partial charge in [-0.25, -0.2) is 9.78 Å². The highest BCUT2D eigenvalue weighted by Gasteiger charge is 2.19. The van der Waals surface area contributed by atoms with Crippen LogP contribution in [0.15, 0.2) is 18.3 Å². The van der Waals surface area contributed by atoms with Gasteiger partial charge in [0.25, 0.3) is 5.91 Å². The normalized spacial score (nSPS) is 10.2. The van der Waals surface area contributed by atoms with Gasteiger partial charge in [0.05, 0.1) is 11.4 Å². The highest BCUT2D eigenvalue weighted by Crippen LogP contribution is 2.17. The molecule has 2 N–H and O–H groups in total. The molecule has 7 nitrogen and oxygen atoms in total. The van der Waals surface area contributed by atoms with E-state index >= 15 is 0 Å². The van der Waals surface area contributed by atoms with Gasteiger partial charge in [0.15, 0.2) is 5.69 Å². The SMILES string of the molecule is CCCc1nnsc1C(=O)Nc1cccnc1C(=O)O. The number of rotatable bonds is 5. The van der Waals surface area contributed by atoms with Gasteiger partial charge in [-0.2, -0.15) is 0 Å². The molecule has 0 aliphatic heterocycles. The Kier molecular flexibility index (Phi) is 4.36. The Balaban J connectivity index is 2.24. The number of aryl methyl sites for hydroxylation is 1. The van der Waals surface area contributed by atoms with E-state index in [0.29, 0.717) is 17.0 Å². The second-order valence-corrected chi connectivity index (χ2v) is 4.71. The monoisotopic (exact) mass is 292 g/mol. The third kappa shape index (κ3) is 2.97. The van der Waals surface area contributed by atoms with Crippen molar-refractivity contribution in [1.29, 1.82) is 0 Å². The molecule has 0 aromatic carbocycles. The predicted octanol–water partition coefficient (Wildman–Crippen LogP) is 1.84. The van der Waals surface area contributed by atoms with Crippen molar-refractivity contribution in [2.45, 2.75) is 19.8 Å². The molecular weight excluding hydrogens is 280 g/mol. The van der Waals surface area contributed by atoms with Crippen LogP contribution in [0.5, 0.6) is 0 Å². The molecule has 104 valence electrons. The van der Waals surface area contributed by atoms with E-state index in [1.807, 2.05) is 6.92 Å². The van der Waals surface area contributed by atoms with Crippen molar-refractivity contribution in [1.82, 2.24) is 14.6 Å². The van der Waals surface area contributed by atoms with Crippen LogP contribution in [0.3, 0.4) is 0 Å². The molecule has 2 heterocycles. The molecule has 0 saturated carbocycles. The number of aromatic nitrogens is 3. The maximum atomic E-state index is 12.1. The Morgan fingerprint density at radius 3 is 2.95 bits per heavy atom. The summed E-state index contributed by atoms with van der Waals surface area (Å²) in [6.07, 6.45) is 2.85. The molecule has 0 aliphatic rings. The van der Waals surface area contributed by atoms with E-state index in [9.17, 15) is 9.59 Å². The summed E-state index contributed by atoms with van der Waals surface area (Å²) in [6.45, 7) is 1.98. The van der Waals surface area contributed by atoms with Gasteiger partial charge in [-0.1, -0.05) is 17.8 Å². The first-order valence-corrected chi connectivity index (χ1v) is 6.71. The fourth-order valence-corrected chi connectivity index (χ4v) is 2.24. The van der Waals surface area contributed by atoms with Crippen LogP contribution in [0.2, 0.25) is 0 Å². The summed E-state index contributed by atoms with van der Waals surface area (Å²) >= 11 is 0.990. The van der Waals surface area contributed by atoms with Crippen molar-refractivity contribution >= 4 is 29.1 Å². The zero-order valence-electron chi connectivity index (χ0n) is 10.7. The topological polar surface area (TPSA) is 105 Å². The number of carboxylic acid groups (broad SMARTS) is 1. The molecule has 0 saturated heterocycles. The fraction of sp³-hybridized carbons (Fsp3) is 0.250. The second kappa shape index (κ2) is 6.20. The molecule has 2 aromatic heterocycles. The minimum atomic E-state index is -1.20. The van der Waals surface area contributed by atoms with Gasteiger partial charge in [0, 0.05) is 6.20 Å². The highest BCUT2D eigenvalue weighted by atomic mass is 32.1. The lowest BCUT2D eigenvalue weighted by atomic mass is 10.2. The molecule has 0 atom stereocenters. The van der Waals surface area contributed by atoms with Crippen molar-refractivity contribution in [2.75, 3.05) is 5.32 Å². The molecule has 2 aromatic rings. The molecule has 0 fully saturated rings. The van der Waals surface area contributed by atoms with Crippen molar-refractivity contribution in [3.63, 3.8) is 0 Å². The average Bonchev–Trinajstić information content (AvgIpc) is 2.88. The minimum Gasteiger partial charge on any atom is -0.476 e. The van der Waals surface area contributed by atoms with E-state index in [2.05, 4.69) is 19.9 Å². The highest BCUT2D eigenvalue weighted by molar-refractivity contribution is 7.08. The summed E-state index contributed by atoms with van der Waals surface area (Å²) < 4.78 is 3.76. The van der Waals surface area contributed by atoms with Gasteiger partial charge in [0.2, 0.25) is 0 Å². The zero-order valence-corrected chi connectivity index (χ0v) is 11.5. The number of amides is 1. The minimum absolute atomic E-state index is 0.154. The van der Waals surface area contributed by atoms with Crippen LogP contribution in [-0.2, 0) is 6.42 Å². The number of hydrogen-bond donors (Lipinski definition) is 2. The molecule has 20 heavy (non-hydrogen) atoms. The van der Waals surface area contributed by atoms with Crippen molar-refractivity contribution in [3.8, 4) is 0 Å². The summed E-state index contributed by atoms with van der Waals surface area (Å²) in [5.41, 5.74) is 0.576. The van der Waals surface area contributed by atoms with E-state index < -0.39 is 11.9 Å². The van der Waals surface area contributed by atoms with Gasteiger partial charge in [-0.05, 0) is 30.1 Å². The third-order valence-electron chi connectivity index (χ3n) is 2.51. The van der Waals surface area contributed by atoms with Crippen LogP contribution in [0.1, 0.15) is 39.2 Å². The molecular formula is C12H12N4O3S. The van der Waals surface area contributed by atoms with Crippen LogP contribution >= 0.6 is 11.5 Å². The van der Waals surface area contributed by atoms with Crippen LogP contribution < -0.4 is 5.32 Å². The van der Waals surface area contributed by atoms with Gasteiger partial charge in [0.1, 0.15) is 4.88 Å². The first-order chi connectivity index (χ1) is 9.63. The molecule has 0 bridgehead atoms.